The summed E-state index contributed by atoms with van der Waals surface area (Å²) in [4.78, 5) is 39.7. The number of morpholine rings is 1. The largest absolute Gasteiger partial charge is 0.481 e. The topological polar surface area (TPSA) is 99.7 Å². The van der Waals surface area contributed by atoms with Crippen LogP contribution in [0.1, 0.15) is 36.3 Å². The molecule has 1 aromatic heterocycles. The maximum atomic E-state index is 12.7. The summed E-state index contributed by atoms with van der Waals surface area (Å²) in [5.74, 6) is -0.959. The molecule has 1 aliphatic heterocycles. The van der Waals surface area contributed by atoms with E-state index in [2.05, 4.69) is 4.98 Å². The number of carbonyl (C=O) groups excluding carboxylic acids is 1. The molecular weight excluding hydrogens is 300 g/mol. The summed E-state index contributed by atoms with van der Waals surface area (Å²) in [5, 5.41) is 8.97. The highest BCUT2D eigenvalue weighted by Crippen LogP contribution is 2.15. The Kier molecular flexibility index (Phi) is 5.54. The molecule has 126 valence electrons. The van der Waals surface area contributed by atoms with Crippen LogP contribution in [0.25, 0.3) is 0 Å². The van der Waals surface area contributed by atoms with Crippen LogP contribution in [0.15, 0.2) is 16.9 Å². The Labute approximate surface area is 134 Å². The predicted molar refractivity (Wildman–Crippen MR) is 83.5 cm³/mol. The Balaban J connectivity index is 2.25. The van der Waals surface area contributed by atoms with Crippen LogP contribution in [-0.2, 0) is 16.0 Å². The summed E-state index contributed by atoms with van der Waals surface area (Å²) in [7, 11) is 0. The normalized spacial score (nSPS) is 18.2. The lowest BCUT2D eigenvalue weighted by atomic mass is 10.0. The number of carbonyl (C=O) groups is 2. The van der Waals surface area contributed by atoms with Crippen molar-refractivity contribution in [3.05, 3.63) is 33.7 Å². The highest BCUT2D eigenvalue weighted by atomic mass is 16.5. The van der Waals surface area contributed by atoms with E-state index in [9.17, 15) is 14.4 Å². The van der Waals surface area contributed by atoms with Gasteiger partial charge in [-0.25, -0.2) is 0 Å². The maximum absolute atomic E-state index is 12.7. The number of aromatic amines is 1. The van der Waals surface area contributed by atoms with Crippen LogP contribution >= 0.6 is 0 Å². The molecule has 1 atom stereocenters. The van der Waals surface area contributed by atoms with E-state index in [0.29, 0.717) is 36.7 Å². The highest BCUT2D eigenvalue weighted by molar-refractivity contribution is 5.94. The molecule has 0 unspecified atom stereocenters. The van der Waals surface area contributed by atoms with Crippen molar-refractivity contribution in [1.82, 2.24) is 9.88 Å². The minimum Gasteiger partial charge on any atom is -0.481 e. The number of H-pyrrole nitrogens is 1. The van der Waals surface area contributed by atoms with E-state index >= 15 is 0 Å². The zero-order valence-corrected chi connectivity index (χ0v) is 13.4. The molecule has 0 radical (unpaired) electrons. The number of carboxylic acid groups (broad SMARTS) is 1. The van der Waals surface area contributed by atoms with Gasteiger partial charge in [0.05, 0.1) is 25.7 Å². The summed E-state index contributed by atoms with van der Waals surface area (Å²) in [5.41, 5.74) is 0.676. The molecule has 23 heavy (non-hydrogen) atoms. The molecule has 2 N–H and O–H groups in total. The lowest BCUT2D eigenvalue weighted by molar-refractivity contribution is -0.139. The number of hydrogen-bond donors (Lipinski definition) is 2. The lowest BCUT2D eigenvalue weighted by Gasteiger charge is -2.34. The molecule has 0 aliphatic carbocycles. The van der Waals surface area contributed by atoms with Gasteiger partial charge in [0.2, 0.25) is 5.56 Å². The Morgan fingerprint density at radius 3 is 2.83 bits per heavy atom. The second-order valence-corrected chi connectivity index (χ2v) is 6.18. The van der Waals surface area contributed by atoms with Gasteiger partial charge >= 0.3 is 5.97 Å². The SMILES string of the molecule is CC(C)Cc1cc(C(=O)N2CCOC[C@H]2CC(=O)O)cc(=O)[nH]1. The molecule has 0 saturated carbocycles. The van der Waals surface area contributed by atoms with Crippen LogP contribution < -0.4 is 5.56 Å². The third-order valence-corrected chi connectivity index (χ3v) is 3.67. The van der Waals surface area contributed by atoms with Crippen LogP contribution in [0.5, 0.6) is 0 Å². The molecule has 1 aromatic rings. The second kappa shape index (κ2) is 7.41. The number of pyridine rings is 1. The average Bonchev–Trinajstić information content (AvgIpc) is 2.45. The van der Waals surface area contributed by atoms with Crippen molar-refractivity contribution >= 4 is 11.9 Å². The fraction of sp³-hybridized carbons (Fsp3) is 0.562. The second-order valence-electron chi connectivity index (χ2n) is 6.18. The Morgan fingerprint density at radius 1 is 1.43 bits per heavy atom. The van der Waals surface area contributed by atoms with Gasteiger partial charge in [-0.2, -0.15) is 0 Å². The molecule has 2 rings (SSSR count). The van der Waals surface area contributed by atoms with E-state index in [1.807, 2.05) is 13.8 Å². The van der Waals surface area contributed by atoms with Crippen LogP contribution in [0, 0.1) is 5.92 Å². The zero-order chi connectivity index (χ0) is 17.0. The standard InChI is InChI=1S/C16H22N2O5/c1-10(2)5-12-6-11(7-14(19)17-12)16(22)18-3-4-23-9-13(18)8-15(20)21/h6-7,10,13H,3-5,8-9H2,1-2H3,(H,17,19)(H,20,21)/t13-/m1/s1. The van der Waals surface area contributed by atoms with Gasteiger partial charge < -0.3 is 19.7 Å². The Morgan fingerprint density at radius 2 is 2.17 bits per heavy atom. The molecule has 1 fully saturated rings. The number of nitrogens with zero attached hydrogens (tertiary/aromatic N) is 1. The number of hydrogen-bond acceptors (Lipinski definition) is 4. The first-order chi connectivity index (χ1) is 10.9. The number of aliphatic carboxylic acids is 1. The van der Waals surface area contributed by atoms with Crippen molar-refractivity contribution in [2.45, 2.75) is 32.7 Å². The summed E-state index contributed by atoms with van der Waals surface area (Å²) >= 11 is 0. The molecular formula is C16H22N2O5. The van der Waals surface area contributed by atoms with Gasteiger partial charge in [-0.3, -0.25) is 14.4 Å². The number of ether oxygens (including phenoxy) is 1. The summed E-state index contributed by atoms with van der Waals surface area (Å²) in [6, 6.07) is 2.43. The van der Waals surface area contributed by atoms with Gasteiger partial charge in [0.1, 0.15) is 0 Å². The number of amides is 1. The van der Waals surface area contributed by atoms with E-state index in [0.717, 1.165) is 0 Å². The zero-order valence-electron chi connectivity index (χ0n) is 13.4. The third kappa shape index (κ3) is 4.66. The van der Waals surface area contributed by atoms with Gasteiger partial charge in [-0.15, -0.1) is 0 Å². The molecule has 1 saturated heterocycles. The van der Waals surface area contributed by atoms with E-state index in [4.69, 9.17) is 9.84 Å². The first-order valence-corrected chi connectivity index (χ1v) is 7.70. The summed E-state index contributed by atoms with van der Waals surface area (Å²) in [6.07, 6.45) is 0.492. The summed E-state index contributed by atoms with van der Waals surface area (Å²) in [6.45, 7) is 4.93. The van der Waals surface area contributed by atoms with Crippen molar-refractivity contribution in [3.63, 3.8) is 0 Å². The van der Waals surface area contributed by atoms with Crippen molar-refractivity contribution in [2.24, 2.45) is 5.92 Å². The molecule has 0 spiro atoms. The van der Waals surface area contributed by atoms with Crippen molar-refractivity contribution in [1.29, 1.82) is 0 Å². The van der Waals surface area contributed by atoms with Gasteiger partial charge in [0.25, 0.3) is 5.91 Å². The van der Waals surface area contributed by atoms with Gasteiger partial charge in [0, 0.05) is 23.9 Å². The molecule has 0 aromatic carbocycles. The van der Waals surface area contributed by atoms with E-state index in [-0.39, 0.29) is 24.5 Å². The Hall–Kier alpha value is -2.15. The molecule has 7 heteroatoms. The molecule has 1 aliphatic rings. The highest BCUT2D eigenvalue weighted by Gasteiger charge is 2.30. The average molecular weight is 322 g/mol. The van der Waals surface area contributed by atoms with E-state index < -0.39 is 12.0 Å². The quantitative estimate of drug-likeness (QED) is 0.838. The number of carboxylic acids is 1. The van der Waals surface area contributed by atoms with Crippen molar-refractivity contribution in [3.8, 4) is 0 Å². The van der Waals surface area contributed by atoms with E-state index in [1.54, 1.807) is 6.07 Å². The number of nitrogens with one attached hydrogen (secondary N) is 1. The summed E-state index contributed by atoms with van der Waals surface area (Å²) < 4.78 is 5.27. The van der Waals surface area contributed by atoms with Gasteiger partial charge in [-0.05, 0) is 18.4 Å². The number of rotatable bonds is 5. The smallest absolute Gasteiger partial charge is 0.305 e. The van der Waals surface area contributed by atoms with Crippen molar-refractivity contribution in [2.75, 3.05) is 19.8 Å². The maximum Gasteiger partial charge on any atom is 0.305 e. The van der Waals surface area contributed by atoms with Gasteiger partial charge in [-0.1, -0.05) is 13.8 Å². The van der Waals surface area contributed by atoms with E-state index in [1.165, 1.54) is 11.0 Å². The number of aromatic nitrogens is 1. The van der Waals surface area contributed by atoms with Crippen LogP contribution in [0.3, 0.4) is 0 Å². The van der Waals surface area contributed by atoms with Crippen molar-refractivity contribution < 1.29 is 19.4 Å². The first-order valence-electron chi connectivity index (χ1n) is 7.70. The molecule has 1 amide bonds. The minimum atomic E-state index is -0.982. The molecule has 7 nitrogen and oxygen atoms in total. The molecule has 2 heterocycles. The lowest BCUT2D eigenvalue weighted by Crippen LogP contribution is -2.49. The van der Waals surface area contributed by atoms with Crippen LogP contribution in [0.2, 0.25) is 0 Å². The monoisotopic (exact) mass is 322 g/mol. The minimum absolute atomic E-state index is 0.173. The van der Waals surface area contributed by atoms with Crippen LogP contribution in [0.4, 0.5) is 0 Å². The van der Waals surface area contributed by atoms with Gasteiger partial charge in [0.15, 0.2) is 0 Å². The Bertz CT molecular complexity index is 638. The van der Waals surface area contributed by atoms with Crippen LogP contribution in [-0.4, -0.2) is 52.7 Å². The first kappa shape index (κ1) is 17.2. The predicted octanol–water partition coefficient (Wildman–Crippen LogP) is 0.889. The fourth-order valence-corrected chi connectivity index (χ4v) is 2.73. The molecule has 0 bridgehead atoms. The fourth-order valence-electron chi connectivity index (χ4n) is 2.73. The third-order valence-electron chi connectivity index (χ3n) is 3.67.